The summed E-state index contributed by atoms with van der Waals surface area (Å²) in [5, 5.41) is 0. The Morgan fingerprint density at radius 1 is 1.18 bits per heavy atom. The zero-order valence-corrected chi connectivity index (χ0v) is 8.79. The van der Waals surface area contributed by atoms with Crippen molar-refractivity contribution in [2.75, 3.05) is 0 Å². The van der Waals surface area contributed by atoms with Gasteiger partial charge in [-0.05, 0) is 18.2 Å². The van der Waals surface area contributed by atoms with Crippen LogP contribution in [0.1, 0.15) is 5.56 Å². The molecule has 6 heteroatoms. The van der Waals surface area contributed by atoms with Gasteiger partial charge in [0.05, 0.1) is 5.56 Å². The van der Waals surface area contributed by atoms with Gasteiger partial charge in [-0.3, -0.25) is 0 Å². The third kappa shape index (κ3) is 2.30. The number of benzene rings is 1. The zero-order valence-electron chi connectivity index (χ0n) is 8.79. The second-order valence-electron chi connectivity index (χ2n) is 3.59. The summed E-state index contributed by atoms with van der Waals surface area (Å²) in [5.41, 5.74) is -0.916. The highest BCUT2D eigenvalue weighted by molar-refractivity contribution is 5.57. The molecule has 2 aromatic rings. The summed E-state index contributed by atoms with van der Waals surface area (Å²) >= 11 is 0. The van der Waals surface area contributed by atoms with Crippen molar-refractivity contribution in [3.05, 3.63) is 42.0 Å². The molecular formula is C11H8F4N2. The highest BCUT2D eigenvalue weighted by Gasteiger charge is 2.31. The summed E-state index contributed by atoms with van der Waals surface area (Å²) in [5.74, 6) is -0.646. The Balaban J connectivity index is 2.57. The lowest BCUT2D eigenvalue weighted by Crippen LogP contribution is -2.06. The van der Waals surface area contributed by atoms with Crippen LogP contribution in [0.5, 0.6) is 0 Å². The van der Waals surface area contributed by atoms with E-state index in [1.807, 2.05) is 0 Å². The molecule has 2 rings (SSSR count). The van der Waals surface area contributed by atoms with E-state index in [-0.39, 0.29) is 11.4 Å². The molecule has 1 aromatic carbocycles. The maximum absolute atomic E-state index is 13.1. The van der Waals surface area contributed by atoms with Gasteiger partial charge >= 0.3 is 6.18 Å². The molecule has 0 saturated carbocycles. The van der Waals surface area contributed by atoms with Crippen molar-refractivity contribution < 1.29 is 17.6 Å². The fraction of sp³-hybridized carbons (Fsp3) is 0.182. The number of nitrogens with zero attached hydrogens (tertiary/aromatic N) is 2. The summed E-state index contributed by atoms with van der Waals surface area (Å²) < 4.78 is 52.2. The largest absolute Gasteiger partial charge is 0.416 e. The number of alkyl halides is 3. The van der Waals surface area contributed by atoms with Gasteiger partial charge in [0, 0.05) is 25.0 Å². The molecule has 0 atom stereocenters. The van der Waals surface area contributed by atoms with Crippen LogP contribution in [0, 0.1) is 5.82 Å². The number of hydrogen-bond donors (Lipinski definition) is 0. The second-order valence-corrected chi connectivity index (χ2v) is 3.59. The second kappa shape index (κ2) is 3.87. The Bertz CT molecular complexity index is 543. The van der Waals surface area contributed by atoms with Crippen molar-refractivity contribution in [1.82, 2.24) is 9.55 Å². The zero-order chi connectivity index (χ0) is 12.6. The lowest BCUT2D eigenvalue weighted by Gasteiger charge is -2.09. The molecule has 17 heavy (non-hydrogen) atoms. The molecule has 0 aliphatic heterocycles. The van der Waals surface area contributed by atoms with Crippen LogP contribution in [-0.2, 0) is 13.2 Å². The van der Waals surface area contributed by atoms with E-state index in [0.29, 0.717) is 6.07 Å². The SMILES string of the molecule is Cn1ccnc1-c1cc(F)cc(C(F)(F)F)c1. The van der Waals surface area contributed by atoms with Crippen LogP contribution in [0.25, 0.3) is 11.4 Å². The summed E-state index contributed by atoms with van der Waals surface area (Å²) in [4.78, 5) is 3.88. The van der Waals surface area contributed by atoms with Crippen LogP contribution in [0.15, 0.2) is 30.6 Å². The molecule has 0 radical (unpaired) electrons. The predicted molar refractivity (Wildman–Crippen MR) is 53.6 cm³/mol. The Morgan fingerprint density at radius 3 is 2.41 bits per heavy atom. The van der Waals surface area contributed by atoms with Crippen LogP contribution >= 0.6 is 0 Å². The van der Waals surface area contributed by atoms with E-state index in [1.54, 1.807) is 13.2 Å². The first-order chi connectivity index (χ1) is 7.88. The minimum absolute atomic E-state index is 0.102. The Hall–Kier alpha value is -1.85. The lowest BCUT2D eigenvalue weighted by molar-refractivity contribution is -0.137. The molecule has 0 saturated heterocycles. The van der Waals surface area contributed by atoms with Gasteiger partial charge in [-0.1, -0.05) is 0 Å². The number of halogens is 4. The van der Waals surface area contributed by atoms with Crippen LogP contribution in [-0.4, -0.2) is 9.55 Å². The summed E-state index contributed by atoms with van der Waals surface area (Å²) in [7, 11) is 1.63. The van der Waals surface area contributed by atoms with E-state index >= 15 is 0 Å². The van der Waals surface area contributed by atoms with Crippen molar-refractivity contribution in [3.63, 3.8) is 0 Å². The quantitative estimate of drug-likeness (QED) is 0.704. The number of imidazole rings is 1. The monoisotopic (exact) mass is 244 g/mol. The molecule has 90 valence electrons. The van der Waals surface area contributed by atoms with E-state index in [4.69, 9.17) is 0 Å². The summed E-state index contributed by atoms with van der Waals surface area (Å²) in [6.45, 7) is 0. The van der Waals surface area contributed by atoms with Gasteiger partial charge in [0.25, 0.3) is 0 Å². The first kappa shape index (κ1) is 11.6. The highest BCUT2D eigenvalue weighted by atomic mass is 19.4. The van der Waals surface area contributed by atoms with Crippen molar-refractivity contribution in [1.29, 1.82) is 0 Å². The first-order valence-corrected chi connectivity index (χ1v) is 4.73. The van der Waals surface area contributed by atoms with Gasteiger partial charge in [0.15, 0.2) is 0 Å². The molecule has 0 unspecified atom stereocenters. The van der Waals surface area contributed by atoms with E-state index in [9.17, 15) is 17.6 Å². The molecular weight excluding hydrogens is 236 g/mol. The van der Waals surface area contributed by atoms with E-state index in [1.165, 1.54) is 10.8 Å². The van der Waals surface area contributed by atoms with Gasteiger partial charge in [-0.15, -0.1) is 0 Å². The van der Waals surface area contributed by atoms with Gasteiger partial charge in [-0.2, -0.15) is 13.2 Å². The number of aryl methyl sites for hydroxylation is 1. The van der Waals surface area contributed by atoms with E-state index in [2.05, 4.69) is 4.98 Å². The van der Waals surface area contributed by atoms with Crippen LogP contribution in [0.2, 0.25) is 0 Å². The number of hydrogen-bond acceptors (Lipinski definition) is 1. The van der Waals surface area contributed by atoms with Gasteiger partial charge in [0.2, 0.25) is 0 Å². The van der Waals surface area contributed by atoms with Crippen LogP contribution in [0.3, 0.4) is 0 Å². The standard InChI is InChI=1S/C11H8F4N2/c1-17-3-2-16-10(17)7-4-8(11(13,14)15)6-9(12)5-7/h2-6H,1H3. The Kier molecular flexibility index (Phi) is 2.65. The normalized spacial score (nSPS) is 11.8. The smallest absolute Gasteiger partial charge is 0.334 e. The number of rotatable bonds is 1. The maximum Gasteiger partial charge on any atom is 0.416 e. The molecule has 1 heterocycles. The molecule has 2 nitrogen and oxygen atoms in total. The Labute approximate surface area is 94.5 Å². The third-order valence-electron chi connectivity index (χ3n) is 2.30. The third-order valence-corrected chi connectivity index (χ3v) is 2.30. The Morgan fingerprint density at radius 2 is 1.88 bits per heavy atom. The fourth-order valence-electron chi connectivity index (χ4n) is 1.53. The molecule has 0 N–H and O–H groups in total. The van der Waals surface area contributed by atoms with E-state index < -0.39 is 17.6 Å². The average molecular weight is 244 g/mol. The molecule has 1 aromatic heterocycles. The van der Waals surface area contributed by atoms with Gasteiger partial charge in [0.1, 0.15) is 11.6 Å². The van der Waals surface area contributed by atoms with Crippen molar-refractivity contribution in [2.24, 2.45) is 7.05 Å². The molecule has 0 spiro atoms. The minimum atomic E-state index is -4.57. The average Bonchev–Trinajstić information content (AvgIpc) is 2.62. The van der Waals surface area contributed by atoms with Crippen molar-refractivity contribution in [2.45, 2.75) is 6.18 Å². The van der Waals surface area contributed by atoms with Gasteiger partial charge in [-0.25, -0.2) is 9.37 Å². The molecule has 0 aliphatic rings. The summed E-state index contributed by atoms with van der Waals surface area (Å²) in [6, 6.07) is 2.37. The molecule has 0 bridgehead atoms. The molecule has 0 aliphatic carbocycles. The van der Waals surface area contributed by atoms with E-state index in [0.717, 1.165) is 12.1 Å². The topological polar surface area (TPSA) is 17.8 Å². The van der Waals surface area contributed by atoms with Gasteiger partial charge < -0.3 is 4.57 Å². The number of aromatic nitrogens is 2. The van der Waals surface area contributed by atoms with Crippen LogP contribution < -0.4 is 0 Å². The van der Waals surface area contributed by atoms with Crippen molar-refractivity contribution in [3.8, 4) is 11.4 Å². The molecule has 0 amide bonds. The fourth-order valence-corrected chi connectivity index (χ4v) is 1.53. The first-order valence-electron chi connectivity index (χ1n) is 4.73. The maximum atomic E-state index is 13.1. The summed E-state index contributed by atoms with van der Waals surface area (Å²) in [6.07, 6.45) is -1.55. The molecule has 0 fully saturated rings. The highest BCUT2D eigenvalue weighted by Crippen LogP contribution is 2.32. The van der Waals surface area contributed by atoms with Crippen LogP contribution in [0.4, 0.5) is 17.6 Å². The van der Waals surface area contributed by atoms with Crippen molar-refractivity contribution >= 4 is 0 Å². The minimum Gasteiger partial charge on any atom is -0.334 e. The lowest BCUT2D eigenvalue weighted by atomic mass is 10.1. The predicted octanol–water partition coefficient (Wildman–Crippen LogP) is 3.25.